The Kier molecular flexibility index (Phi) is 3.23. The molecule has 3 aromatic rings. The number of carboxylic acid groups (broad SMARTS) is 1. The smallest absolute Gasteiger partial charge is 0.322 e. The van der Waals surface area contributed by atoms with E-state index in [1.165, 1.54) is 0 Å². The molecule has 106 valence electrons. The van der Waals surface area contributed by atoms with Crippen molar-refractivity contribution in [1.29, 1.82) is 0 Å². The standard InChI is InChI=1S/C14H9ClN2O4/c15-8-2-4-9-7(5-8)1-3-10-12(17-21-13(9)10)14(20)16-6-11(18)19/h1-5H,6H2,(H,16,20)(H,18,19). The average molecular weight is 305 g/mol. The summed E-state index contributed by atoms with van der Waals surface area (Å²) in [6, 6.07) is 8.78. The number of carbonyl (C=O) groups excluding carboxylic acids is 1. The van der Waals surface area contributed by atoms with Gasteiger partial charge in [-0.05, 0) is 29.7 Å². The van der Waals surface area contributed by atoms with E-state index in [2.05, 4.69) is 10.5 Å². The Bertz CT molecular complexity index is 872. The third-order valence-electron chi connectivity index (χ3n) is 3.03. The summed E-state index contributed by atoms with van der Waals surface area (Å²) in [6.07, 6.45) is 0. The zero-order valence-corrected chi connectivity index (χ0v) is 11.3. The highest BCUT2D eigenvalue weighted by molar-refractivity contribution is 6.31. The van der Waals surface area contributed by atoms with Gasteiger partial charge in [0, 0.05) is 10.4 Å². The van der Waals surface area contributed by atoms with Gasteiger partial charge in [-0.1, -0.05) is 22.8 Å². The van der Waals surface area contributed by atoms with Crippen molar-refractivity contribution in [3.05, 3.63) is 41.0 Å². The highest BCUT2D eigenvalue weighted by Crippen LogP contribution is 2.29. The van der Waals surface area contributed by atoms with Gasteiger partial charge in [0.2, 0.25) is 0 Å². The first-order valence-corrected chi connectivity index (χ1v) is 6.41. The fourth-order valence-electron chi connectivity index (χ4n) is 2.10. The zero-order valence-electron chi connectivity index (χ0n) is 10.6. The largest absolute Gasteiger partial charge is 0.480 e. The first kappa shape index (κ1) is 13.4. The molecular formula is C14H9ClN2O4. The van der Waals surface area contributed by atoms with Crippen molar-refractivity contribution < 1.29 is 19.2 Å². The summed E-state index contributed by atoms with van der Waals surface area (Å²) in [4.78, 5) is 22.4. The van der Waals surface area contributed by atoms with Gasteiger partial charge in [-0.15, -0.1) is 0 Å². The molecule has 21 heavy (non-hydrogen) atoms. The van der Waals surface area contributed by atoms with Crippen molar-refractivity contribution in [2.75, 3.05) is 6.54 Å². The normalized spacial score (nSPS) is 10.9. The molecule has 0 fully saturated rings. The van der Waals surface area contributed by atoms with Gasteiger partial charge in [0.1, 0.15) is 6.54 Å². The van der Waals surface area contributed by atoms with E-state index in [-0.39, 0.29) is 5.69 Å². The van der Waals surface area contributed by atoms with Crippen molar-refractivity contribution in [1.82, 2.24) is 10.5 Å². The number of nitrogens with zero attached hydrogens (tertiary/aromatic N) is 1. The van der Waals surface area contributed by atoms with E-state index < -0.39 is 18.4 Å². The van der Waals surface area contributed by atoms with Crippen LogP contribution in [0.2, 0.25) is 5.02 Å². The Morgan fingerprint density at radius 2 is 2.00 bits per heavy atom. The first-order valence-electron chi connectivity index (χ1n) is 6.04. The Morgan fingerprint density at radius 3 is 2.76 bits per heavy atom. The van der Waals surface area contributed by atoms with Crippen LogP contribution in [-0.4, -0.2) is 28.7 Å². The summed E-state index contributed by atoms with van der Waals surface area (Å²) in [7, 11) is 0. The molecule has 3 rings (SSSR count). The van der Waals surface area contributed by atoms with Gasteiger partial charge < -0.3 is 14.9 Å². The second-order valence-electron chi connectivity index (χ2n) is 4.42. The molecular weight excluding hydrogens is 296 g/mol. The number of rotatable bonds is 3. The van der Waals surface area contributed by atoms with E-state index in [4.69, 9.17) is 21.2 Å². The lowest BCUT2D eigenvalue weighted by molar-refractivity contribution is -0.135. The monoisotopic (exact) mass is 304 g/mol. The van der Waals surface area contributed by atoms with Gasteiger partial charge in [0.15, 0.2) is 11.3 Å². The predicted molar refractivity (Wildman–Crippen MR) is 76.5 cm³/mol. The summed E-state index contributed by atoms with van der Waals surface area (Å²) < 4.78 is 5.23. The third kappa shape index (κ3) is 2.41. The van der Waals surface area contributed by atoms with Crippen LogP contribution in [0, 0.1) is 0 Å². The molecule has 7 heteroatoms. The Labute approximate surface area is 123 Å². The molecule has 0 aliphatic heterocycles. The van der Waals surface area contributed by atoms with Crippen LogP contribution in [0.1, 0.15) is 10.5 Å². The molecule has 1 heterocycles. The van der Waals surface area contributed by atoms with Crippen LogP contribution in [-0.2, 0) is 4.79 Å². The van der Waals surface area contributed by atoms with Gasteiger partial charge in [-0.25, -0.2) is 0 Å². The summed E-state index contributed by atoms with van der Waals surface area (Å²) >= 11 is 5.93. The minimum absolute atomic E-state index is 0.0584. The molecule has 1 amide bonds. The van der Waals surface area contributed by atoms with Crippen LogP contribution in [0.4, 0.5) is 0 Å². The number of halogens is 1. The molecule has 6 nitrogen and oxygen atoms in total. The number of carboxylic acids is 1. The zero-order chi connectivity index (χ0) is 15.0. The molecule has 0 radical (unpaired) electrons. The van der Waals surface area contributed by atoms with Gasteiger partial charge >= 0.3 is 5.97 Å². The van der Waals surface area contributed by atoms with Gasteiger partial charge in [-0.2, -0.15) is 0 Å². The second-order valence-corrected chi connectivity index (χ2v) is 4.85. The molecule has 0 saturated carbocycles. The van der Waals surface area contributed by atoms with E-state index >= 15 is 0 Å². The summed E-state index contributed by atoms with van der Waals surface area (Å²) in [6.45, 7) is -0.476. The van der Waals surface area contributed by atoms with Gasteiger partial charge in [0.25, 0.3) is 5.91 Å². The van der Waals surface area contributed by atoms with E-state index in [0.29, 0.717) is 16.0 Å². The molecule has 0 saturated heterocycles. The molecule has 0 atom stereocenters. The maximum absolute atomic E-state index is 11.9. The molecule has 2 N–H and O–H groups in total. The summed E-state index contributed by atoms with van der Waals surface area (Å²) in [5.41, 5.74) is 0.521. The Hall–Kier alpha value is -2.60. The highest BCUT2D eigenvalue weighted by Gasteiger charge is 2.18. The number of nitrogens with one attached hydrogen (secondary N) is 1. The highest BCUT2D eigenvalue weighted by atomic mass is 35.5. The quantitative estimate of drug-likeness (QED) is 0.775. The van der Waals surface area contributed by atoms with E-state index in [0.717, 1.165) is 10.8 Å². The number of amides is 1. The molecule has 0 aliphatic rings. The lowest BCUT2D eigenvalue weighted by atomic mass is 10.1. The number of aromatic nitrogens is 1. The van der Waals surface area contributed by atoms with E-state index in [1.54, 1.807) is 30.3 Å². The van der Waals surface area contributed by atoms with Crippen LogP contribution in [0.5, 0.6) is 0 Å². The average Bonchev–Trinajstić information content (AvgIpc) is 2.88. The molecule has 2 aromatic carbocycles. The number of aliphatic carboxylic acids is 1. The van der Waals surface area contributed by atoms with Crippen LogP contribution in [0.25, 0.3) is 21.7 Å². The van der Waals surface area contributed by atoms with Crippen LogP contribution in [0.3, 0.4) is 0 Å². The number of benzene rings is 2. The van der Waals surface area contributed by atoms with E-state index in [1.807, 2.05) is 0 Å². The van der Waals surface area contributed by atoms with Gasteiger partial charge in [0.05, 0.1) is 5.39 Å². The Morgan fingerprint density at radius 1 is 1.24 bits per heavy atom. The molecule has 1 aromatic heterocycles. The van der Waals surface area contributed by atoms with Crippen molar-refractivity contribution in [2.45, 2.75) is 0 Å². The minimum Gasteiger partial charge on any atom is -0.480 e. The topological polar surface area (TPSA) is 92.4 Å². The molecule has 0 unspecified atom stereocenters. The lowest BCUT2D eigenvalue weighted by Crippen LogP contribution is -2.29. The van der Waals surface area contributed by atoms with Crippen molar-refractivity contribution in [3.63, 3.8) is 0 Å². The summed E-state index contributed by atoms with van der Waals surface area (Å²) in [5, 5.41) is 17.3. The Balaban J connectivity index is 2.08. The summed E-state index contributed by atoms with van der Waals surface area (Å²) in [5.74, 6) is -1.72. The molecule has 0 spiro atoms. The number of carbonyl (C=O) groups is 2. The number of fused-ring (bicyclic) bond motifs is 3. The van der Waals surface area contributed by atoms with Crippen molar-refractivity contribution in [3.8, 4) is 0 Å². The van der Waals surface area contributed by atoms with Crippen LogP contribution >= 0.6 is 11.6 Å². The van der Waals surface area contributed by atoms with Crippen LogP contribution in [0.15, 0.2) is 34.9 Å². The fourth-order valence-corrected chi connectivity index (χ4v) is 2.28. The second kappa shape index (κ2) is 5.06. The fraction of sp³-hybridized carbons (Fsp3) is 0.0714. The van der Waals surface area contributed by atoms with Crippen molar-refractivity contribution in [2.24, 2.45) is 0 Å². The maximum atomic E-state index is 11.9. The van der Waals surface area contributed by atoms with Crippen LogP contribution < -0.4 is 5.32 Å². The molecule has 0 aliphatic carbocycles. The SMILES string of the molecule is O=C(O)CNC(=O)c1noc2c1ccc1cc(Cl)ccc12. The maximum Gasteiger partial charge on any atom is 0.322 e. The third-order valence-corrected chi connectivity index (χ3v) is 3.27. The van der Waals surface area contributed by atoms with Gasteiger partial charge in [-0.3, -0.25) is 9.59 Å². The number of hydrogen-bond donors (Lipinski definition) is 2. The van der Waals surface area contributed by atoms with E-state index in [9.17, 15) is 9.59 Å². The minimum atomic E-state index is -1.13. The van der Waals surface area contributed by atoms with Crippen molar-refractivity contribution >= 4 is 45.2 Å². The lowest BCUT2D eigenvalue weighted by Gasteiger charge is -2.00. The number of hydrogen-bond acceptors (Lipinski definition) is 4. The first-order chi connectivity index (χ1) is 10.1. The molecule has 0 bridgehead atoms. The predicted octanol–water partition coefficient (Wildman–Crippen LogP) is 2.45.